The Morgan fingerprint density at radius 1 is 1.04 bits per heavy atom. The SMILES string of the molecule is Cc1cc(S(=O)(=O)Nc2ccc(N(C)c3ccccc3)nc2)ccc1Cl. The second-order valence-corrected chi connectivity index (χ2v) is 7.91. The number of aryl methyl sites for hydroxylation is 1. The quantitative estimate of drug-likeness (QED) is 0.694. The Morgan fingerprint density at radius 3 is 2.38 bits per heavy atom. The largest absolute Gasteiger partial charge is 0.329 e. The van der Waals surface area contributed by atoms with Crippen molar-refractivity contribution < 1.29 is 8.42 Å². The number of hydrogen-bond donors (Lipinski definition) is 1. The minimum Gasteiger partial charge on any atom is -0.329 e. The number of nitrogens with one attached hydrogen (secondary N) is 1. The monoisotopic (exact) mass is 387 g/mol. The van der Waals surface area contributed by atoms with E-state index in [9.17, 15) is 8.42 Å². The van der Waals surface area contributed by atoms with Gasteiger partial charge >= 0.3 is 0 Å². The molecular formula is C19H18ClN3O2S. The maximum Gasteiger partial charge on any atom is 0.261 e. The zero-order valence-corrected chi connectivity index (χ0v) is 15.9. The van der Waals surface area contributed by atoms with Crippen LogP contribution in [-0.4, -0.2) is 20.4 Å². The Labute approximate surface area is 158 Å². The minimum absolute atomic E-state index is 0.157. The highest BCUT2D eigenvalue weighted by atomic mass is 35.5. The predicted molar refractivity (Wildman–Crippen MR) is 106 cm³/mol. The molecule has 7 heteroatoms. The summed E-state index contributed by atoms with van der Waals surface area (Å²) in [6.45, 7) is 1.76. The van der Waals surface area contributed by atoms with Crippen LogP contribution in [0.2, 0.25) is 5.02 Å². The van der Waals surface area contributed by atoms with E-state index in [0.717, 1.165) is 5.69 Å². The van der Waals surface area contributed by atoms with Gasteiger partial charge in [0.2, 0.25) is 0 Å². The summed E-state index contributed by atoms with van der Waals surface area (Å²) in [6.07, 6.45) is 1.50. The van der Waals surface area contributed by atoms with E-state index >= 15 is 0 Å². The Bertz CT molecular complexity index is 1010. The van der Waals surface area contributed by atoms with Gasteiger partial charge in [-0.3, -0.25) is 4.72 Å². The third-order valence-electron chi connectivity index (χ3n) is 3.93. The van der Waals surface area contributed by atoms with Gasteiger partial charge in [0.1, 0.15) is 5.82 Å². The number of hydrogen-bond acceptors (Lipinski definition) is 4. The maximum absolute atomic E-state index is 12.5. The fourth-order valence-corrected chi connectivity index (χ4v) is 3.67. The van der Waals surface area contributed by atoms with Crippen LogP contribution in [0.15, 0.2) is 71.8 Å². The first-order valence-corrected chi connectivity index (χ1v) is 9.77. The van der Waals surface area contributed by atoms with Crippen LogP contribution in [0.25, 0.3) is 0 Å². The number of sulfonamides is 1. The van der Waals surface area contributed by atoms with Gasteiger partial charge in [0, 0.05) is 17.8 Å². The summed E-state index contributed by atoms with van der Waals surface area (Å²) in [5.41, 5.74) is 2.08. The van der Waals surface area contributed by atoms with Crippen LogP contribution in [0.3, 0.4) is 0 Å². The lowest BCUT2D eigenvalue weighted by Crippen LogP contribution is -2.14. The molecule has 26 heavy (non-hydrogen) atoms. The molecule has 0 fully saturated rings. The van der Waals surface area contributed by atoms with E-state index in [0.29, 0.717) is 22.1 Å². The zero-order valence-electron chi connectivity index (χ0n) is 14.3. The molecule has 3 rings (SSSR count). The Kier molecular flexibility index (Phi) is 5.15. The van der Waals surface area contributed by atoms with Crippen LogP contribution in [0.5, 0.6) is 0 Å². The summed E-state index contributed by atoms with van der Waals surface area (Å²) in [7, 11) is -1.80. The number of pyridine rings is 1. The van der Waals surface area contributed by atoms with Crippen molar-refractivity contribution >= 4 is 38.8 Å². The highest BCUT2D eigenvalue weighted by Crippen LogP contribution is 2.24. The van der Waals surface area contributed by atoms with Crippen LogP contribution < -0.4 is 9.62 Å². The third kappa shape index (κ3) is 3.98. The van der Waals surface area contributed by atoms with Gasteiger partial charge in [0.15, 0.2) is 0 Å². The average Bonchev–Trinajstić information content (AvgIpc) is 2.64. The lowest BCUT2D eigenvalue weighted by atomic mass is 10.2. The number of halogens is 1. The molecule has 0 unspecified atom stereocenters. The molecule has 1 heterocycles. The molecule has 2 aromatic carbocycles. The van der Waals surface area contributed by atoms with Gasteiger partial charge in [-0.1, -0.05) is 29.8 Å². The summed E-state index contributed by atoms with van der Waals surface area (Å²) in [4.78, 5) is 6.42. The molecule has 0 aliphatic heterocycles. The summed E-state index contributed by atoms with van der Waals surface area (Å²) < 4.78 is 27.6. The molecule has 1 aromatic heterocycles. The van der Waals surface area contributed by atoms with E-state index in [4.69, 9.17) is 11.6 Å². The minimum atomic E-state index is -3.70. The molecule has 0 aliphatic rings. The smallest absolute Gasteiger partial charge is 0.261 e. The van der Waals surface area contributed by atoms with Crippen molar-refractivity contribution in [3.8, 4) is 0 Å². The summed E-state index contributed by atoms with van der Waals surface area (Å²) in [6, 6.07) is 17.8. The third-order valence-corrected chi connectivity index (χ3v) is 5.73. The first-order chi connectivity index (χ1) is 12.4. The molecule has 3 aromatic rings. The van der Waals surface area contributed by atoms with Gasteiger partial charge in [-0.15, -0.1) is 0 Å². The van der Waals surface area contributed by atoms with Crippen LogP contribution in [0, 0.1) is 6.92 Å². The van der Waals surface area contributed by atoms with Gasteiger partial charge in [-0.25, -0.2) is 13.4 Å². The second kappa shape index (κ2) is 7.35. The molecule has 0 saturated carbocycles. The number of aromatic nitrogens is 1. The first kappa shape index (κ1) is 18.2. The van der Waals surface area contributed by atoms with E-state index in [1.165, 1.54) is 18.3 Å². The summed E-state index contributed by atoms with van der Waals surface area (Å²) >= 11 is 5.96. The fraction of sp³-hybridized carbons (Fsp3) is 0.105. The van der Waals surface area contributed by atoms with E-state index in [1.54, 1.807) is 25.1 Å². The number of anilines is 3. The number of nitrogens with zero attached hydrogens (tertiary/aromatic N) is 2. The van der Waals surface area contributed by atoms with Crippen molar-refractivity contribution in [3.63, 3.8) is 0 Å². The van der Waals surface area contributed by atoms with Gasteiger partial charge in [0.25, 0.3) is 10.0 Å². The lowest BCUT2D eigenvalue weighted by molar-refractivity contribution is 0.601. The number of para-hydroxylation sites is 1. The van der Waals surface area contributed by atoms with Crippen molar-refractivity contribution in [2.45, 2.75) is 11.8 Å². The average molecular weight is 388 g/mol. The number of rotatable bonds is 5. The molecule has 0 atom stereocenters. The van der Waals surface area contributed by atoms with E-state index in [1.807, 2.05) is 42.3 Å². The lowest BCUT2D eigenvalue weighted by Gasteiger charge is -2.18. The van der Waals surface area contributed by atoms with Gasteiger partial charge in [-0.05, 0) is 55.0 Å². The standard InChI is InChI=1S/C19H18ClN3O2S/c1-14-12-17(9-10-18(14)20)26(24,25)22-15-8-11-19(21-13-15)23(2)16-6-4-3-5-7-16/h3-13,22H,1-2H3. The van der Waals surface area contributed by atoms with Crippen molar-refractivity contribution in [3.05, 3.63) is 77.4 Å². The molecule has 134 valence electrons. The van der Waals surface area contributed by atoms with Crippen molar-refractivity contribution in [2.75, 3.05) is 16.7 Å². The molecule has 0 spiro atoms. The van der Waals surface area contributed by atoms with E-state index in [2.05, 4.69) is 9.71 Å². The van der Waals surface area contributed by atoms with Crippen LogP contribution >= 0.6 is 11.6 Å². The molecule has 1 N–H and O–H groups in total. The van der Waals surface area contributed by atoms with Crippen molar-refractivity contribution in [1.82, 2.24) is 4.98 Å². The predicted octanol–water partition coefficient (Wildman–Crippen LogP) is 4.61. The van der Waals surface area contributed by atoms with Crippen LogP contribution in [0.1, 0.15) is 5.56 Å². The molecule has 0 radical (unpaired) electrons. The first-order valence-electron chi connectivity index (χ1n) is 7.90. The Hall–Kier alpha value is -2.57. The van der Waals surface area contributed by atoms with E-state index in [-0.39, 0.29) is 4.90 Å². The molecule has 0 bridgehead atoms. The molecule has 5 nitrogen and oxygen atoms in total. The summed E-state index contributed by atoms with van der Waals surface area (Å²) in [5, 5.41) is 0.527. The van der Waals surface area contributed by atoms with Crippen LogP contribution in [-0.2, 0) is 10.0 Å². The van der Waals surface area contributed by atoms with Crippen molar-refractivity contribution in [1.29, 1.82) is 0 Å². The highest BCUT2D eigenvalue weighted by molar-refractivity contribution is 7.92. The zero-order chi connectivity index (χ0) is 18.7. The molecule has 0 aliphatic carbocycles. The Morgan fingerprint density at radius 2 is 1.77 bits per heavy atom. The highest BCUT2D eigenvalue weighted by Gasteiger charge is 2.15. The normalized spacial score (nSPS) is 11.2. The van der Waals surface area contributed by atoms with Gasteiger partial charge in [-0.2, -0.15) is 0 Å². The van der Waals surface area contributed by atoms with Crippen molar-refractivity contribution in [2.24, 2.45) is 0 Å². The Balaban J connectivity index is 1.79. The summed E-state index contributed by atoms with van der Waals surface area (Å²) in [5.74, 6) is 0.710. The van der Waals surface area contributed by atoms with Gasteiger partial charge in [0.05, 0.1) is 16.8 Å². The maximum atomic E-state index is 12.5. The fourth-order valence-electron chi connectivity index (χ4n) is 2.43. The molecule has 0 amide bonds. The van der Waals surface area contributed by atoms with E-state index < -0.39 is 10.0 Å². The topological polar surface area (TPSA) is 62.3 Å². The molecule has 0 saturated heterocycles. The second-order valence-electron chi connectivity index (χ2n) is 5.82. The van der Waals surface area contributed by atoms with Crippen LogP contribution in [0.4, 0.5) is 17.2 Å². The number of benzene rings is 2. The molecular weight excluding hydrogens is 370 g/mol. The van der Waals surface area contributed by atoms with Gasteiger partial charge < -0.3 is 4.90 Å².